The Labute approximate surface area is 122 Å². The highest BCUT2D eigenvalue weighted by Crippen LogP contribution is 2.26. The molecule has 0 saturated heterocycles. The largest absolute Gasteiger partial charge is 0.399 e. The van der Waals surface area contributed by atoms with Gasteiger partial charge in [-0.2, -0.15) is 0 Å². The van der Waals surface area contributed by atoms with E-state index in [1.54, 1.807) is 0 Å². The van der Waals surface area contributed by atoms with Crippen molar-refractivity contribution >= 4 is 11.6 Å². The van der Waals surface area contributed by atoms with Gasteiger partial charge < -0.3 is 10.6 Å². The number of carbonyl (C=O) groups excluding carboxylic acids is 1. The SMILES string of the molecule is CN(CCC1CCCCC1)C(=O)Cc1ccc(N)cc1. The summed E-state index contributed by atoms with van der Waals surface area (Å²) < 4.78 is 0. The van der Waals surface area contributed by atoms with Crippen molar-refractivity contribution in [3.63, 3.8) is 0 Å². The molecule has 2 rings (SSSR count). The minimum Gasteiger partial charge on any atom is -0.399 e. The number of nitrogens with two attached hydrogens (primary N) is 1. The average Bonchev–Trinajstić information content (AvgIpc) is 2.48. The van der Waals surface area contributed by atoms with Crippen LogP contribution in [0.4, 0.5) is 5.69 Å². The van der Waals surface area contributed by atoms with E-state index in [1.165, 1.54) is 32.1 Å². The summed E-state index contributed by atoms with van der Waals surface area (Å²) in [6.07, 6.45) is 8.45. The molecular weight excluding hydrogens is 248 g/mol. The molecular formula is C17H26N2O. The van der Waals surface area contributed by atoms with Crippen LogP contribution in [0.3, 0.4) is 0 Å². The topological polar surface area (TPSA) is 46.3 Å². The van der Waals surface area contributed by atoms with Gasteiger partial charge in [-0.15, -0.1) is 0 Å². The van der Waals surface area contributed by atoms with Crippen LogP contribution in [-0.2, 0) is 11.2 Å². The Kier molecular flexibility index (Phi) is 5.45. The van der Waals surface area contributed by atoms with Gasteiger partial charge >= 0.3 is 0 Å². The highest BCUT2D eigenvalue weighted by molar-refractivity contribution is 5.78. The van der Waals surface area contributed by atoms with Crippen molar-refractivity contribution in [2.24, 2.45) is 5.92 Å². The third-order valence-corrected chi connectivity index (χ3v) is 4.36. The van der Waals surface area contributed by atoms with Gasteiger partial charge in [0.1, 0.15) is 0 Å². The molecule has 20 heavy (non-hydrogen) atoms. The molecule has 1 aliphatic rings. The van der Waals surface area contributed by atoms with Gasteiger partial charge in [0.25, 0.3) is 0 Å². The Morgan fingerprint density at radius 3 is 2.50 bits per heavy atom. The third kappa shape index (κ3) is 4.55. The maximum Gasteiger partial charge on any atom is 0.226 e. The lowest BCUT2D eigenvalue weighted by atomic mass is 9.87. The summed E-state index contributed by atoms with van der Waals surface area (Å²) in [6.45, 7) is 0.887. The van der Waals surface area contributed by atoms with Gasteiger partial charge in [0.05, 0.1) is 6.42 Å². The fourth-order valence-electron chi connectivity index (χ4n) is 2.92. The quantitative estimate of drug-likeness (QED) is 0.838. The minimum absolute atomic E-state index is 0.200. The summed E-state index contributed by atoms with van der Waals surface area (Å²) in [5.74, 6) is 1.03. The Morgan fingerprint density at radius 2 is 1.85 bits per heavy atom. The van der Waals surface area contributed by atoms with Gasteiger partial charge in [-0.1, -0.05) is 44.2 Å². The number of carbonyl (C=O) groups is 1. The normalized spacial score (nSPS) is 16.1. The molecule has 0 atom stereocenters. The molecule has 0 heterocycles. The summed E-state index contributed by atoms with van der Waals surface area (Å²) in [5.41, 5.74) is 7.43. The first-order valence-electron chi connectivity index (χ1n) is 7.73. The van der Waals surface area contributed by atoms with Crippen LogP contribution < -0.4 is 5.73 Å². The van der Waals surface area contributed by atoms with Crippen LogP contribution in [0.25, 0.3) is 0 Å². The summed E-state index contributed by atoms with van der Waals surface area (Å²) in [6, 6.07) is 7.57. The van der Waals surface area contributed by atoms with E-state index in [-0.39, 0.29) is 5.91 Å². The molecule has 0 bridgehead atoms. The summed E-state index contributed by atoms with van der Waals surface area (Å²) >= 11 is 0. The molecule has 1 aromatic rings. The van der Waals surface area contributed by atoms with Gasteiger partial charge in [0.2, 0.25) is 5.91 Å². The smallest absolute Gasteiger partial charge is 0.226 e. The van der Waals surface area contributed by atoms with Crippen LogP contribution in [0.5, 0.6) is 0 Å². The molecule has 0 aromatic heterocycles. The van der Waals surface area contributed by atoms with Crippen LogP contribution in [0.1, 0.15) is 44.1 Å². The fraction of sp³-hybridized carbons (Fsp3) is 0.588. The monoisotopic (exact) mass is 274 g/mol. The van der Waals surface area contributed by atoms with E-state index in [1.807, 2.05) is 36.2 Å². The van der Waals surface area contributed by atoms with Crippen molar-refractivity contribution in [2.75, 3.05) is 19.3 Å². The average molecular weight is 274 g/mol. The molecule has 2 N–H and O–H groups in total. The molecule has 110 valence electrons. The zero-order valence-electron chi connectivity index (χ0n) is 12.5. The van der Waals surface area contributed by atoms with Gasteiger partial charge in [-0.3, -0.25) is 4.79 Å². The van der Waals surface area contributed by atoms with E-state index >= 15 is 0 Å². The second-order valence-electron chi connectivity index (χ2n) is 6.03. The number of nitrogens with zero attached hydrogens (tertiary/aromatic N) is 1. The van der Waals surface area contributed by atoms with E-state index < -0.39 is 0 Å². The molecule has 1 aromatic carbocycles. The Bertz CT molecular complexity index is 421. The van der Waals surface area contributed by atoms with Crippen molar-refractivity contribution in [1.82, 2.24) is 4.90 Å². The second kappa shape index (κ2) is 7.32. The van der Waals surface area contributed by atoms with Crippen LogP contribution >= 0.6 is 0 Å². The van der Waals surface area contributed by atoms with Gasteiger partial charge in [-0.25, -0.2) is 0 Å². The number of rotatable bonds is 5. The first kappa shape index (κ1) is 14.9. The van der Waals surface area contributed by atoms with Crippen molar-refractivity contribution < 1.29 is 4.79 Å². The van der Waals surface area contributed by atoms with Gasteiger partial charge in [0, 0.05) is 19.3 Å². The van der Waals surface area contributed by atoms with Gasteiger partial charge in [-0.05, 0) is 30.0 Å². The maximum absolute atomic E-state index is 12.2. The van der Waals surface area contributed by atoms with Crippen LogP contribution in [-0.4, -0.2) is 24.4 Å². The molecule has 1 aliphatic carbocycles. The van der Waals surface area contributed by atoms with E-state index in [9.17, 15) is 4.79 Å². The number of anilines is 1. The predicted octanol–water partition coefficient (Wildman–Crippen LogP) is 3.24. The number of likely N-dealkylation sites (N-methyl/N-ethyl adjacent to an activating group) is 1. The summed E-state index contributed by atoms with van der Waals surface area (Å²) in [4.78, 5) is 14.0. The van der Waals surface area contributed by atoms with Crippen molar-refractivity contribution in [3.05, 3.63) is 29.8 Å². The number of hydrogen-bond acceptors (Lipinski definition) is 2. The number of amides is 1. The van der Waals surface area contributed by atoms with Crippen LogP contribution in [0.2, 0.25) is 0 Å². The van der Waals surface area contributed by atoms with Crippen LogP contribution in [0.15, 0.2) is 24.3 Å². The van der Waals surface area contributed by atoms with E-state index in [0.717, 1.165) is 30.1 Å². The zero-order chi connectivity index (χ0) is 14.4. The van der Waals surface area contributed by atoms with E-state index in [2.05, 4.69) is 0 Å². The molecule has 1 saturated carbocycles. The van der Waals surface area contributed by atoms with Crippen molar-refractivity contribution in [1.29, 1.82) is 0 Å². The van der Waals surface area contributed by atoms with Crippen LogP contribution in [0, 0.1) is 5.92 Å². The Hall–Kier alpha value is -1.51. The number of nitrogen functional groups attached to an aromatic ring is 1. The molecule has 3 heteroatoms. The molecule has 3 nitrogen and oxygen atoms in total. The molecule has 1 amide bonds. The highest BCUT2D eigenvalue weighted by atomic mass is 16.2. The number of hydrogen-bond donors (Lipinski definition) is 1. The zero-order valence-corrected chi connectivity index (χ0v) is 12.5. The van der Waals surface area contributed by atoms with Gasteiger partial charge in [0.15, 0.2) is 0 Å². The third-order valence-electron chi connectivity index (χ3n) is 4.36. The van der Waals surface area contributed by atoms with Crippen molar-refractivity contribution in [2.45, 2.75) is 44.9 Å². The lowest BCUT2D eigenvalue weighted by Gasteiger charge is -2.24. The predicted molar refractivity (Wildman–Crippen MR) is 83.4 cm³/mol. The molecule has 0 unspecified atom stereocenters. The van der Waals surface area contributed by atoms with E-state index in [0.29, 0.717) is 6.42 Å². The minimum atomic E-state index is 0.200. The Morgan fingerprint density at radius 1 is 1.20 bits per heavy atom. The summed E-state index contributed by atoms with van der Waals surface area (Å²) in [7, 11) is 1.92. The van der Waals surface area contributed by atoms with E-state index in [4.69, 9.17) is 5.73 Å². The highest BCUT2D eigenvalue weighted by Gasteiger charge is 2.16. The molecule has 0 radical (unpaired) electrons. The molecule has 1 fully saturated rings. The molecule has 0 aliphatic heterocycles. The lowest BCUT2D eigenvalue weighted by Crippen LogP contribution is -2.30. The lowest BCUT2D eigenvalue weighted by molar-refractivity contribution is -0.129. The standard InChI is InChI=1S/C17H26N2O/c1-19(12-11-14-5-3-2-4-6-14)17(20)13-15-7-9-16(18)10-8-15/h7-10,14H,2-6,11-13,18H2,1H3. The first-order valence-corrected chi connectivity index (χ1v) is 7.73. The second-order valence-corrected chi connectivity index (χ2v) is 6.03. The summed E-state index contributed by atoms with van der Waals surface area (Å²) in [5, 5.41) is 0. The Balaban J connectivity index is 1.75. The molecule has 0 spiro atoms. The number of benzene rings is 1. The first-order chi connectivity index (χ1) is 9.65. The van der Waals surface area contributed by atoms with Crippen molar-refractivity contribution in [3.8, 4) is 0 Å². The fourth-order valence-corrected chi connectivity index (χ4v) is 2.92. The maximum atomic E-state index is 12.2.